The zero-order valence-electron chi connectivity index (χ0n) is 18.2. The standard InChI is InChI=1S/C22H27N5O3S2/c1-3-27(4-2)32(29,30)17-8-9-18-19(13-17)25-20(24-18)15-31-21-10-7-16(14-23-21)22(28)26-11-5-6-12-26/h7-10,13-14H,3-6,11-12,15H2,1-2H3,(H,24,25). The molecule has 1 fully saturated rings. The van der Waals surface area contributed by atoms with Gasteiger partial charge in [0.15, 0.2) is 0 Å². The molecule has 4 rings (SSSR count). The predicted molar refractivity (Wildman–Crippen MR) is 125 cm³/mol. The highest BCUT2D eigenvalue weighted by Crippen LogP contribution is 2.24. The molecule has 0 saturated carbocycles. The summed E-state index contributed by atoms with van der Waals surface area (Å²) in [5, 5.41) is 0.799. The Balaban J connectivity index is 1.44. The van der Waals surface area contributed by atoms with Crippen molar-refractivity contribution in [2.45, 2.75) is 42.4 Å². The third-order valence-electron chi connectivity index (χ3n) is 5.58. The van der Waals surface area contributed by atoms with Crippen molar-refractivity contribution < 1.29 is 13.2 Å². The van der Waals surface area contributed by atoms with Gasteiger partial charge in [-0.3, -0.25) is 4.79 Å². The molecular formula is C22H27N5O3S2. The smallest absolute Gasteiger partial charge is 0.255 e. The number of imidazole rings is 1. The molecule has 1 amide bonds. The maximum atomic E-state index is 12.8. The number of benzene rings is 1. The van der Waals surface area contributed by atoms with Gasteiger partial charge in [0.25, 0.3) is 5.91 Å². The van der Waals surface area contributed by atoms with Crippen LogP contribution in [0.1, 0.15) is 42.9 Å². The molecule has 32 heavy (non-hydrogen) atoms. The van der Waals surface area contributed by atoms with Crippen LogP contribution in [-0.4, -0.2) is 64.7 Å². The maximum absolute atomic E-state index is 12.8. The lowest BCUT2D eigenvalue weighted by Crippen LogP contribution is -2.30. The van der Waals surface area contributed by atoms with Crippen molar-refractivity contribution in [3.63, 3.8) is 0 Å². The number of hydrogen-bond donors (Lipinski definition) is 1. The Morgan fingerprint density at radius 2 is 1.91 bits per heavy atom. The Hall–Kier alpha value is -2.43. The van der Waals surface area contributed by atoms with E-state index in [0.717, 1.165) is 42.3 Å². The van der Waals surface area contributed by atoms with Crippen LogP contribution in [0, 0.1) is 0 Å². The summed E-state index contributed by atoms with van der Waals surface area (Å²) in [6.45, 7) is 6.15. The van der Waals surface area contributed by atoms with Crippen LogP contribution in [0.2, 0.25) is 0 Å². The zero-order chi connectivity index (χ0) is 22.7. The van der Waals surface area contributed by atoms with Crippen LogP contribution in [0.4, 0.5) is 0 Å². The number of H-pyrrole nitrogens is 1. The average Bonchev–Trinajstić information content (AvgIpc) is 3.47. The molecule has 0 radical (unpaired) electrons. The molecule has 0 aliphatic carbocycles. The molecule has 3 heterocycles. The van der Waals surface area contributed by atoms with E-state index in [1.54, 1.807) is 24.4 Å². The van der Waals surface area contributed by atoms with Gasteiger partial charge in [-0.05, 0) is 43.2 Å². The predicted octanol–water partition coefficient (Wildman–Crippen LogP) is 3.52. The van der Waals surface area contributed by atoms with E-state index in [0.29, 0.717) is 29.9 Å². The van der Waals surface area contributed by atoms with Crippen molar-refractivity contribution in [3.8, 4) is 0 Å². The molecule has 170 valence electrons. The van der Waals surface area contributed by atoms with Gasteiger partial charge >= 0.3 is 0 Å². The number of hydrogen-bond acceptors (Lipinski definition) is 6. The number of sulfonamides is 1. The topological polar surface area (TPSA) is 99.3 Å². The molecule has 8 nitrogen and oxygen atoms in total. The first-order valence-electron chi connectivity index (χ1n) is 10.8. The Morgan fingerprint density at radius 3 is 2.56 bits per heavy atom. The lowest BCUT2D eigenvalue weighted by Gasteiger charge is -2.18. The maximum Gasteiger partial charge on any atom is 0.255 e. The second kappa shape index (κ2) is 9.60. The van der Waals surface area contributed by atoms with E-state index in [4.69, 9.17) is 0 Å². The van der Waals surface area contributed by atoms with Gasteiger partial charge in [-0.1, -0.05) is 25.6 Å². The van der Waals surface area contributed by atoms with E-state index in [-0.39, 0.29) is 10.8 Å². The van der Waals surface area contributed by atoms with Crippen LogP contribution in [-0.2, 0) is 15.8 Å². The number of aromatic amines is 1. The molecular weight excluding hydrogens is 446 g/mol. The molecule has 0 bridgehead atoms. The minimum Gasteiger partial charge on any atom is -0.341 e. The highest BCUT2D eigenvalue weighted by Gasteiger charge is 2.22. The number of fused-ring (bicyclic) bond motifs is 1. The second-order valence-electron chi connectivity index (χ2n) is 7.62. The second-order valence-corrected chi connectivity index (χ2v) is 10.6. The van der Waals surface area contributed by atoms with Crippen LogP contribution in [0.25, 0.3) is 11.0 Å². The van der Waals surface area contributed by atoms with Gasteiger partial charge in [-0.15, -0.1) is 0 Å². The number of thioether (sulfide) groups is 1. The number of likely N-dealkylation sites (tertiary alicyclic amines) is 1. The fraction of sp³-hybridized carbons (Fsp3) is 0.409. The van der Waals surface area contributed by atoms with E-state index >= 15 is 0 Å². The average molecular weight is 474 g/mol. The Kier molecular flexibility index (Phi) is 6.82. The SMILES string of the molecule is CCN(CC)S(=O)(=O)c1ccc2nc(CSc3ccc(C(=O)N4CCCC4)cn3)[nH]c2c1. The molecule has 1 saturated heterocycles. The monoisotopic (exact) mass is 473 g/mol. The number of carbonyl (C=O) groups is 1. The number of aromatic nitrogens is 3. The molecule has 3 aromatic rings. The highest BCUT2D eigenvalue weighted by molar-refractivity contribution is 7.98. The Morgan fingerprint density at radius 1 is 1.16 bits per heavy atom. The third kappa shape index (κ3) is 4.67. The molecule has 0 spiro atoms. The summed E-state index contributed by atoms with van der Waals surface area (Å²) in [5.41, 5.74) is 2.02. The summed E-state index contributed by atoms with van der Waals surface area (Å²) < 4.78 is 27.0. The summed E-state index contributed by atoms with van der Waals surface area (Å²) in [5.74, 6) is 1.33. The molecule has 1 aliphatic rings. The summed E-state index contributed by atoms with van der Waals surface area (Å²) in [7, 11) is -3.52. The van der Waals surface area contributed by atoms with E-state index in [9.17, 15) is 13.2 Å². The minimum absolute atomic E-state index is 0.0410. The summed E-state index contributed by atoms with van der Waals surface area (Å²) in [4.78, 5) is 26.8. The number of rotatable bonds is 8. The lowest BCUT2D eigenvalue weighted by molar-refractivity contribution is 0.0792. The lowest BCUT2D eigenvalue weighted by atomic mass is 10.2. The molecule has 1 N–H and O–H groups in total. The van der Waals surface area contributed by atoms with Crippen molar-refractivity contribution in [1.82, 2.24) is 24.2 Å². The van der Waals surface area contributed by atoms with Gasteiger partial charge in [-0.25, -0.2) is 18.4 Å². The summed E-state index contributed by atoms with van der Waals surface area (Å²) in [6, 6.07) is 8.64. The van der Waals surface area contributed by atoms with Gasteiger partial charge in [0.05, 0.1) is 32.3 Å². The van der Waals surface area contributed by atoms with Gasteiger partial charge in [0.1, 0.15) is 5.82 Å². The van der Waals surface area contributed by atoms with Crippen molar-refractivity contribution in [3.05, 3.63) is 47.9 Å². The van der Waals surface area contributed by atoms with Crippen LogP contribution in [0.5, 0.6) is 0 Å². The first-order valence-corrected chi connectivity index (χ1v) is 13.2. The highest BCUT2D eigenvalue weighted by atomic mass is 32.2. The van der Waals surface area contributed by atoms with Crippen LogP contribution < -0.4 is 0 Å². The van der Waals surface area contributed by atoms with Crippen LogP contribution in [0.3, 0.4) is 0 Å². The van der Waals surface area contributed by atoms with Gasteiger partial charge in [-0.2, -0.15) is 4.31 Å². The number of pyridine rings is 1. The summed E-state index contributed by atoms with van der Waals surface area (Å²) in [6.07, 6.45) is 3.76. The van der Waals surface area contributed by atoms with Crippen molar-refractivity contribution >= 4 is 38.7 Å². The largest absolute Gasteiger partial charge is 0.341 e. The summed E-state index contributed by atoms with van der Waals surface area (Å²) >= 11 is 1.51. The number of nitrogens with zero attached hydrogens (tertiary/aromatic N) is 4. The van der Waals surface area contributed by atoms with E-state index in [1.165, 1.54) is 16.1 Å². The van der Waals surface area contributed by atoms with E-state index in [2.05, 4.69) is 15.0 Å². The number of nitrogens with one attached hydrogen (secondary N) is 1. The van der Waals surface area contributed by atoms with Gasteiger partial charge < -0.3 is 9.88 Å². The van der Waals surface area contributed by atoms with Gasteiger partial charge in [0.2, 0.25) is 10.0 Å². The third-order valence-corrected chi connectivity index (χ3v) is 8.58. The molecule has 2 aromatic heterocycles. The molecule has 1 aromatic carbocycles. The van der Waals surface area contributed by atoms with E-state index < -0.39 is 10.0 Å². The Labute approximate surface area is 192 Å². The normalized spacial score (nSPS) is 14.5. The van der Waals surface area contributed by atoms with Crippen LogP contribution in [0.15, 0.2) is 46.5 Å². The fourth-order valence-corrected chi connectivity index (χ4v) is 6.02. The number of amides is 1. The number of carbonyl (C=O) groups excluding carboxylic acids is 1. The molecule has 0 unspecified atom stereocenters. The van der Waals surface area contributed by atoms with Crippen molar-refractivity contribution in [1.29, 1.82) is 0 Å². The van der Waals surface area contributed by atoms with Crippen LogP contribution >= 0.6 is 11.8 Å². The van der Waals surface area contributed by atoms with E-state index in [1.807, 2.05) is 30.9 Å². The van der Waals surface area contributed by atoms with Crippen molar-refractivity contribution in [2.24, 2.45) is 0 Å². The zero-order valence-corrected chi connectivity index (χ0v) is 19.9. The molecule has 0 atom stereocenters. The van der Waals surface area contributed by atoms with Crippen molar-refractivity contribution in [2.75, 3.05) is 26.2 Å². The fourth-order valence-electron chi connectivity index (χ4n) is 3.82. The van der Waals surface area contributed by atoms with Gasteiger partial charge in [0, 0.05) is 32.4 Å². The quantitative estimate of drug-likeness (QED) is 0.503. The molecule has 1 aliphatic heterocycles. The first-order chi connectivity index (χ1) is 15.4. The first kappa shape index (κ1) is 22.8. The minimum atomic E-state index is -3.52. The molecule has 10 heteroatoms. The Bertz CT molecular complexity index is 1200.